The number of nitrogens with two attached hydrogens (primary N) is 1. The van der Waals surface area contributed by atoms with Gasteiger partial charge in [-0.05, 0) is 41.8 Å². The molecule has 7 heteroatoms. The molecule has 1 atom stereocenters. The first-order valence-electron chi connectivity index (χ1n) is 10.2. The number of anilines is 2. The van der Waals surface area contributed by atoms with Gasteiger partial charge >= 0.3 is 6.03 Å². The Morgan fingerprint density at radius 1 is 1.06 bits per heavy atom. The third-order valence-corrected chi connectivity index (χ3v) is 5.24. The van der Waals surface area contributed by atoms with Gasteiger partial charge in [-0.15, -0.1) is 0 Å². The summed E-state index contributed by atoms with van der Waals surface area (Å²) in [5.74, 6) is 6.25. The average Bonchev–Trinajstić information content (AvgIpc) is 3.47. The van der Waals surface area contributed by atoms with Crippen molar-refractivity contribution in [3.63, 3.8) is 0 Å². The van der Waals surface area contributed by atoms with Crippen LogP contribution in [0.5, 0.6) is 0 Å². The Morgan fingerprint density at radius 2 is 1.94 bits per heavy atom. The monoisotopic (exact) mass is 420 g/mol. The number of rotatable bonds is 2. The maximum atomic E-state index is 12.9. The van der Waals surface area contributed by atoms with Gasteiger partial charge in [0.05, 0.1) is 17.9 Å². The van der Waals surface area contributed by atoms with Gasteiger partial charge in [-0.3, -0.25) is 4.40 Å². The summed E-state index contributed by atoms with van der Waals surface area (Å²) < 4.78 is 1.85. The summed E-state index contributed by atoms with van der Waals surface area (Å²) in [5, 5.41) is 8.67. The number of urea groups is 1. The highest BCUT2D eigenvalue weighted by Gasteiger charge is 2.28. The summed E-state index contributed by atoms with van der Waals surface area (Å²) in [5.41, 5.74) is 10.4. The molecular formula is C25H20N6O. The number of fused-ring (bicyclic) bond motifs is 1. The van der Waals surface area contributed by atoms with E-state index < -0.39 is 0 Å². The van der Waals surface area contributed by atoms with Gasteiger partial charge in [-0.2, -0.15) is 5.10 Å². The minimum Gasteiger partial charge on any atom is -0.396 e. The molecule has 3 heterocycles. The minimum atomic E-state index is -0.282. The largest absolute Gasteiger partial charge is 0.396 e. The van der Waals surface area contributed by atoms with Crippen LogP contribution in [0.2, 0.25) is 0 Å². The van der Waals surface area contributed by atoms with Crippen molar-refractivity contribution in [2.75, 3.05) is 11.1 Å². The number of carbonyl (C=O) groups excluding carboxylic acids is 1. The second-order valence-electron chi connectivity index (χ2n) is 7.37. The van der Waals surface area contributed by atoms with Crippen LogP contribution >= 0.6 is 0 Å². The van der Waals surface area contributed by atoms with E-state index in [0.29, 0.717) is 23.4 Å². The molecule has 0 saturated heterocycles. The Hall–Kier alpha value is -4.57. The highest BCUT2D eigenvalue weighted by Crippen LogP contribution is 2.28. The van der Waals surface area contributed by atoms with Gasteiger partial charge in [0, 0.05) is 30.1 Å². The van der Waals surface area contributed by atoms with Crippen LogP contribution in [0.1, 0.15) is 29.3 Å². The Morgan fingerprint density at radius 3 is 2.81 bits per heavy atom. The van der Waals surface area contributed by atoms with E-state index in [-0.39, 0.29) is 12.1 Å². The molecule has 1 aliphatic rings. The number of hydrazone groups is 1. The quantitative estimate of drug-likeness (QED) is 0.475. The number of imidazole rings is 1. The fourth-order valence-electron chi connectivity index (χ4n) is 3.68. The third kappa shape index (κ3) is 3.77. The van der Waals surface area contributed by atoms with Crippen molar-refractivity contribution in [3.8, 4) is 11.8 Å². The van der Waals surface area contributed by atoms with Crippen molar-refractivity contribution in [2.24, 2.45) is 5.10 Å². The standard InChI is InChI=1S/C25H20N6O/c26-22-10-5-15-30-21(17-27-24(22)30)12-11-18-6-4-9-20(16-18)29-25(32)31-23(13-14-28-31)19-7-2-1-3-8-19/h1-10,14-17,23H,13,26H2,(H,29,32). The lowest BCUT2D eigenvalue weighted by atomic mass is 10.1. The maximum absolute atomic E-state index is 12.9. The van der Waals surface area contributed by atoms with Crippen molar-refractivity contribution >= 4 is 29.3 Å². The van der Waals surface area contributed by atoms with Crippen LogP contribution in [-0.2, 0) is 0 Å². The SMILES string of the molecule is Nc1cccn2c(C#Cc3cccc(NC(=O)N4N=CCC4c4ccccc4)c3)cnc12. The number of pyridine rings is 1. The number of carbonyl (C=O) groups is 1. The zero-order valence-electron chi connectivity index (χ0n) is 17.1. The first-order chi connectivity index (χ1) is 15.7. The highest BCUT2D eigenvalue weighted by molar-refractivity contribution is 5.91. The molecule has 4 aromatic rings. The van der Waals surface area contributed by atoms with Crippen molar-refractivity contribution in [3.05, 3.63) is 95.9 Å². The minimum absolute atomic E-state index is 0.109. The third-order valence-electron chi connectivity index (χ3n) is 5.24. The van der Waals surface area contributed by atoms with Crippen molar-refractivity contribution in [1.82, 2.24) is 14.4 Å². The van der Waals surface area contributed by atoms with Crippen LogP contribution in [0, 0.1) is 11.8 Å². The predicted molar refractivity (Wildman–Crippen MR) is 125 cm³/mol. The predicted octanol–water partition coefficient (Wildman–Crippen LogP) is 4.28. The number of hydrogen-bond donors (Lipinski definition) is 2. The van der Waals surface area contributed by atoms with Crippen LogP contribution in [0.3, 0.4) is 0 Å². The van der Waals surface area contributed by atoms with E-state index in [1.165, 1.54) is 5.01 Å². The summed E-state index contributed by atoms with van der Waals surface area (Å²) in [6.07, 6.45) is 6.02. The van der Waals surface area contributed by atoms with E-state index in [0.717, 1.165) is 16.8 Å². The van der Waals surface area contributed by atoms with Gasteiger partial charge < -0.3 is 11.1 Å². The van der Waals surface area contributed by atoms with Gasteiger partial charge in [-0.25, -0.2) is 14.8 Å². The molecule has 0 radical (unpaired) electrons. The smallest absolute Gasteiger partial charge is 0.342 e. The lowest BCUT2D eigenvalue weighted by Crippen LogP contribution is -2.31. The molecule has 2 aromatic carbocycles. The number of amides is 2. The van der Waals surface area contributed by atoms with Gasteiger partial charge in [-0.1, -0.05) is 42.3 Å². The second-order valence-corrected chi connectivity index (χ2v) is 7.37. The number of hydrogen-bond acceptors (Lipinski definition) is 4. The van der Waals surface area contributed by atoms with E-state index in [9.17, 15) is 4.79 Å². The van der Waals surface area contributed by atoms with E-state index >= 15 is 0 Å². The number of aromatic nitrogens is 2. The Bertz CT molecular complexity index is 1380. The first kappa shape index (κ1) is 19.4. The molecule has 1 unspecified atom stereocenters. The molecule has 0 saturated carbocycles. The Labute approximate surface area is 185 Å². The molecule has 32 heavy (non-hydrogen) atoms. The number of nitrogens with zero attached hydrogens (tertiary/aromatic N) is 4. The number of nitrogen functional groups attached to an aromatic ring is 1. The zero-order valence-corrected chi connectivity index (χ0v) is 17.1. The topological polar surface area (TPSA) is 88.0 Å². The molecule has 156 valence electrons. The lowest BCUT2D eigenvalue weighted by Gasteiger charge is -2.22. The van der Waals surface area contributed by atoms with Crippen molar-refractivity contribution in [1.29, 1.82) is 0 Å². The first-order valence-corrected chi connectivity index (χ1v) is 10.2. The average molecular weight is 420 g/mol. The van der Waals surface area contributed by atoms with Crippen LogP contribution in [0.4, 0.5) is 16.2 Å². The highest BCUT2D eigenvalue weighted by atomic mass is 16.2. The van der Waals surface area contributed by atoms with E-state index in [1.807, 2.05) is 71.3 Å². The van der Waals surface area contributed by atoms with E-state index in [4.69, 9.17) is 5.73 Å². The Kier molecular flexibility index (Phi) is 5.02. The van der Waals surface area contributed by atoms with Crippen molar-refractivity contribution < 1.29 is 4.79 Å². The molecule has 7 nitrogen and oxygen atoms in total. The molecule has 2 amide bonds. The molecule has 0 fully saturated rings. The molecule has 0 bridgehead atoms. The second kappa shape index (κ2) is 8.28. The summed E-state index contributed by atoms with van der Waals surface area (Å²) in [4.78, 5) is 17.2. The van der Waals surface area contributed by atoms with Crippen molar-refractivity contribution in [2.45, 2.75) is 12.5 Å². The van der Waals surface area contributed by atoms with Crippen LogP contribution in [0.15, 0.2) is 84.2 Å². The lowest BCUT2D eigenvalue weighted by molar-refractivity contribution is 0.200. The van der Waals surface area contributed by atoms with E-state index in [1.54, 1.807) is 18.5 Å². The fourth-order valence-corrected chi connectivity index (χ4v) is 3.68. The molecular weight excluding hydrogens is 400 g/mol. The van der Waals surface area contributed by atoms with Gasteiger partial charge in [0.1, 0.15) is 5.69 Å². The summed E-state index contributed by atoms with van der Waals surface area (Å²) >= 11 is 0. The molecule has 5 rings (SSSR count). The van der Waals surface area contributed by atoms with Gasteiger partial charge in [0.15, 0.2) is 5.65 Å². The molecule has 0 spiro atoms. The Balaban J connectivity index is 1.34. The summed E-state index contributed by atoms with van der Waals surface area (Å²) in [6, 6.07) is 20.6. The maximum Gasteiger partial charge on any atom is 0.342 e. The van der Waals surface area contributed by atoms with E-state index in [2.05, 4.69) is 27.2 Å². The van der Waals surface area contributed by atoms with Crippen LogP contribution < -0.4 is 11.1 Å². The van der Waals surface area contributed by atoms with Crippen LogP contribution in [-0.4, -0.2) is 26.6 Å². The number of benzene rings is 2. The van der Waals surface area contributed by atoms with Gasteiger partial charge in [0.2, 0.25) is 0 Å². The number of nitrogens with one attached hydrogen (secondary N) is 1. The molecule has 2 aromatic heterocycles. The molecule has 3 N–H and O–H groups in total. The normalized spacial score (nSPS) is 14.9. The fraction of sp³-hybridized carbons (Fsp3) is 0.0800. The molecule has 0 aliphatic carbocycles. The molecule has 1 aliphatic heterocycles. The summed E-state index contributed by atoms with van der Waals surface area (Å²) in [6.45, 7) is 0. The zero-order chi connectivity index (χ0) is 21.9. The van der Waals surface area contributed by atoms with Gasteiger partial charge in [0.25, 0.3) is 0 Å². The van der Waals surface area contributed by atoms with Crippen LogP contribution in [0.25, 0.3) is 5.65 Å². The summed E-state index contributed by atoms with van der Waals surface area (Å²) in [7, 11) is 0.